The Morgan fingerprint density at radius 2 is 2.06 bits per heavy atom. The first kappa shape index (κ1) is 11.9. The van der Waals surface area contributed by atoms with Gasteiger partial charge in [-0.15, -0.1) is 0 Å². The summed E-state index contributed by atoms with van der Waals surface area (Å²) in [6.45, 7) is 1.62. The van der Waals surface area contributed by atoms with Gasteiger partial charge in [0.05, 0.1) is 5.02 Å². The fraction of sp³-hybridized carbons (Fsp3) is 0.455. The minimum atomic E-state index is -0.0581. The molecule has 16 heavy (non-hydrogen) atoms. The summed E-state index contributed by atoms with van der Waals surface area (Å²) >= 11 is 9.27. The topological polar surface area (TPSA) is 33.2 Å². The largest absolute Gasteiger partial charge is 0.337 e. The van der Waals surface area contributed by atoms with Crippen LogP contribution in [0, 0.1) is 0 Å². The summed E-state index contributed by atoms with van der Waals surface area (Å²) in [6.07, 6.45) is 4.94. The lowest BCUT2D eigenvalue weighted by atomic mass is 10.1. The highest BCUT2D eigenvalue weighted by molar-refractivity contribution is 9.10. The average Bonchev–Trinajstić information content (AvgIpc) is 2.29. The van der Waals surface area contributed by atoms with E-state index in [9.17, 15) is 4.79 Å². The molecule has 1 saturated heterocycles. The highest BCUT2D eigenvalue weighted by Crippen LogP contribution is 2.21. The van der Waals surface area contributed by atoms with Crippen LogP contribution in [0.1, 0.15) is 29.8 Å². The molecule has 1 fully saturated rings. The highest BCUT2D eigenvalue weighted by Gasteiger charge is 2.21. The van der Waals surface area contributed by atoms with Crippen molar-refractivity contribution in [2.24, 2.45) is 0 Å². The van der Waals surface area contributed by atoms with Gasteiger partial charge in [-0.25, -0.2) is 4.98 Å². The van der Waals surface area contributed by atoms with Crippen LogP contribution in [0.2, 0.25) is 5.02 Å². The van der Waals surface area contributed by atoms with Crippen molar-refractivity contribution >= 4 is 33.4 Å². The molecule has 0 N–H and O–H groups in total. The Bertz CT molecular complexity index is 405. The SMILES string of the molecule is O=C(c1ncc(Br)cc1Cl)N1CCCCC1. The number of likely N-dealkylation sites (tertiary alicyclic amines) is 1. The average molecular weight is 304 g/mol. The monoisotopic (exact) mass is 302 g/mol. The van der Waals surface area contributed by atoms with Gasteiger partial charge in [0.15, 0.2) is 0 Å². The number of nitrogens with zero attached hydrogens (tertiary/aromatic N) is 2. The Morgan fingerprint density at radius 3 is 2.69 bits per heavy atom. The molecule has 0 spiro atoms. The zero-order valence-electron chi connectivity index (χ0n) is 8.75. The zero-order chi connectivity index (χ0) is 11.5. The van der Waals surface area contributed by atoms with Crippen LogP contribution >= 0.6 is 27.5 Å². The maximum Gasteiger partial charge on any atom is 0.273 e. The molecule has 0 unspecified atom stereocenters. The summed E-state index contributed by atoms with van der Waals surface area (Å²) in [7, 11) is 0. The molecule has 1 aromatic heterocycles. The van der Waals surface area contributed by atoms with Crippen LogP contribution in [0.3, 0.4) is 0 Å². The van der Waals surface area contributed by atoms with E-state index in [-0.39, 0.29) is 5.91 Å². The minimum absolute atomic E-state index is 0.0581. The Kier molecular flexibility index (Phi) is 3.82. The van der Waals surface area contributed by atoms with Gasteiger partial charge in [-0.1, -0.05) is 11.6 Å². The Hall–Kier alpha value is -0.610. The van der Waals surface area contributed by atoms with Crippen molar-refractivity contribution in [1.82, 2.24) is 9.88 Å². The molecule has 3 nitrogen and oxygen atoms in total. The van der Waals surface area contributed by atoms with Gasteiger partial charge in [-0.05, 0) is 41.3 Å². The van der Waals surface area contributed by atoms with Crippen molar-refractivity contribution in [3.8, 4) is 0 Å². The molecule has 0 atom stereocenters. The molecule has 0 bridgehead atoms. The number of carbonyl (C=O) groups excluding carboxylic acids is 1. The summed E-state index contributed by atoms with van der Waals surface area (Å²) in [5.74, 6) is -0.0581. The molecular formula is C11H12BrClN2O. The predicted octanol–water partition coefficient (Wildman–Crippen LogP) is 3.12. The second kappa shape index (κ2) is 5.15. The van der Waals surface area contributed by atoms with Crippen LogP contribution in [-0.4, -0.2) is 28.9 Å². The first-order chi connectivity index (χ1) is 7.68. The standard InChI is InChI=1S/C11H12BrClN2O/c12-8-6-9(13)10(14-7-8)11(16)15-4-2-1-3-5-15/h6-7H,1-5H2. The molecular weight excluding hydrogens is 291 g/mol. The van der Waals surface area contributed by atoms with E-state index < -0.39 is 0 Å². The van der Waals surface area contributed by atoms with Crippen molar-refractivity contribution in [3.63, 3.8) is 0 Å². The lowest BCUT2D eigenvalue weighted by molar-refractivity contribution is 0.0718. The maximum atomic E-state index is 12.1. The molecule has 1 amide bonds. The second-order valence-corrected chi connectivity index (χ2v) is 5.16. The molecule has 0 aliphatic carbocycles. The molecule has 5 heteroatoms. The van der Waals surface area contributed by atoms with Crippen LogP contribution in [0.4, 0.5) is 0 Å². The molecule has 0 saturated carbocycles. The summed E-state index contributed by atoms with van der Waals surface area (Å²) in [5.41, 5.74) is 0.353. The van der Waals surface area contributed by atoms with E-state index in [2.05, 4.69) is 20.9 Å². The van der Waals surface area contributed by atoms with E-state index in [1.165, 1.54) is 6.42 Å². The van der Waals surface area contributed by atoms with Gasteiger partial charge in [0.1, 0.15) is 5.69 Å². The number of amides is 1. The van der Waals surface area contributed by atoms with Crippen molar-refractivity contribution in [1.29, 1.82) is 0 Å². The van der Waals surface area contributed by atoms with Crippen LogP contribution < -0.4 is 0 Å². The minimum Gasteiger partial charge on any atom is -0.337 e. The number of halogens is 2. The van der Waals surface area contributed by atoms with Crippen LogP contribution in [-0.2, 0) is 0 Å². The lowest BCUT2D eigenvalue weighted by Gasteiger charge is -2.26. The smallest absolute Gasteiger partial charge is 0.273 e. The maximum absolute atomic E-state index is 12.1. The number of rotatable bonds is 1. The van der Waals surface area contributed by atoms with Gasteiger partial charge in [-0.2, -0.15) is 0 Å². The fourth-order valence-corrected chi connectivity index (χ4v) is 2.53. The number of hydrogen-bond donors (Lipinski definition) is 0. The summed E-state index contributed by atoms with van der Waals surface area (Å²) in [6, 6.07) is 1.70. The number of carbonyl (C=O) groups is 1. The van der Waals surface area contributed by atoms with Crippen LogP contribution in [0.15, 0.2) is 16.7 Å². The third-order valence-corrected chi connectivity index (χ3v) is 3.38. The molecule has 2 heterocycles. The Labute approximate surface area is 108 Å². The quantitative estimate of drug-likeness (QED) is 0.798. The lowest BCUT2D eigenvalue weighted by Crippen LogP contribution is -2.36. The molecule has 86 valence electrons. The van der Waals surface area contributed by atoms with Crippen molar-refractivity contribution in [3.05, 3.63) is 27.5 Å². The number of aromatic nitrogens is 1. The van der Waals surface area contributed by atoms with Crippen LogP contribution in [0.5, 0.6) is 0 Å². The highest BCUT2D eigenvalue weighted by atomic mass is 79.9. The van der Waals surface area contributed by atoms with E-state index in [0.717, 1.165) is 30.4 Å². The summed E-state index contributed by atoms with van der Waals surface area (Å²) in [4.78, 5) is 18.0. The van der Waals surface area contributed by atoms with Gasteiger partial charge in [0, 0.05) is 23.8 Å². The van der Waals surface area contributed by atoms with Gasteiger partial charge in [0.2, 0.25) is 0 Å². The van der Waals surface area contributed by atoms with Crippen molar-refractivity contribution in [2.75, 3.05) is 13.1 Å². The molecule has 1 aliphatic rings. The summed E-state index contributed by atoms with van der Waals surface area (Å²) in [5, 5.41) is 0.407. The van der Waals surface area contributed by atoms with Gasteiger partial charge in [-0.3, -0.25) is 4.79 Å². The number of piperidine rings is 1. The first-order valence-corrected chi connectivity index (χ1v) is 6.46. The van der Waals surface area contributed by atoms with Crippen molar-refractivity contribution in [2.45, 2.75) is 19.3 Å². The number of pyridine rings is 1. The molecule has 1 aliphatic heterocycles. The summed E-state index contributed by atoms with van der Waals surface area (Å²) < 4.78 is 0.785. The molecule has 1 aromatic rings. The van der Waals surface area contributed by atoms with E-state index >= 15 is 0 Å². The molecule has 0 radical (unpaired) electrons. The number of hydrogen-bond acceptors (Lipinski definition) is 2. The Morgan fingerprint density at radius 1 is 1.38 bits per heavy atom. The van der Waals surface area contributed by atoms with E-state index in [0.29, 0.717) is 10.7 Å². The van der Waals surface area contributed by atoms with Crippen LogP contribution in [0.25, 0.3) is 0 Å². The van der Waals surface area contributed by atoms with Gasteiger partial charge in [0.25, 0.3) is 5.91 Å². The predicted molar refractivity (Wildman–Crippen MR) is 66.7 cm³/mol. The third kappa shape index (κ3) is 2.55. The van der Waals surface area contributed by atoms with Gasteiger partial charge < -0.3 is 4.90 Å². The second-order valence-electron chi connectivity index (χ2n) is 3.84. The normalized spacial score (nSPS) is 16.2. The van der Waals surface area contributed by atoms with Gasteiger partial charge >= 0.3 is 0 Å². The van der Waals surface area contributed by atoms with E-state index in [1.807, 2.05) is 4.90 Å². The van der Waals surface area contributed by atoms with E-state index in [1.54, 1.807) is 12.3 Å². The Balaban J connectivity index is 2.19. The zero-order valence-corrected chi connectivity index (χ0v) is 11.1. The first-order valence-electron chi connectivity index (χ1n) is 5.29. The molecule has 0 aromatic carbocycles. The molecule has 2 rings (SSSR count). The fourth-order valence-electron chi connectivity index (χ4n) is 1.82. The third-order valence-electron chi connectivity index (χ3n) is 2.65. The van der Waals surface area contributed by atoms with Crippen molar-refractivity contribution < 1.29 is 4.79 Å². The van der Waals surface area contributed by atoms with E-state index in [4.69, 9.17) is 11.6 Å².